The fourth-order valence-corrected chi connectivity index (χ4v) is 1.78. The summed E-state index contributed by atoms with van der Waals surface area (Å²) in [6, 6.07) is 5.97. The van der Waals surface area contributed by atoms with E-state index in [0.29, 0.717) is 13.0 Å². The quantitative estimate of drug-likeness (QED) is 0.890. The van der Waals surface area contributed by atoms with Crippen LogP contribution >= 0.6 is 0 Å². The van der Waals surface area contributed by atoms with Crippen molar-refractivity contribution in [3.8, 4) is 5.75 Å². The Morgan fingerprint density at radius 1 is 1.33 bits per heavy atom. The van der Waals surface area contributed by atoms with E-state index >= 15 is 0 Å². The van der Waals surface area contributed by atoms with Gasteiger partial charge < -0.3 is 10.1 Å². The molecule has 18 heavy (non-hydrogen) atoms. The molecular weight excluding hydrogens is 226 g/mol. The number of amides is 1. The summed E-state index contributed by atoms with van der Waals surface area (Å²) < 4.78 is 5.28. The zero-order valence-corrected chi connectivity index (χ0v) is 12.0. The van der Waals surface area contributed by atoms with Gasteiger partial charge in [0, 0.05) is 18.5 Å². The van der Waals surface area contributed by atoms with Crippen LogP contribution in [0.4, 0.5) is 0 Å². The molecule has 0 saturated heterocycles. The van der Waals surface area contributed by atoms with E-state index in [1.165, 1.54) is 0 Å². The number of rotatable bonds is 4. The van der Waals surface area contributed by atoms with Crippen LogP contribution in [0.1, 0.15) is 38.3 Å². The zero-order valence-electron chi connectivity index (χ0n) is 12.0. The standard InChI is InChI=1S/C15H23NO2/c1-11-6-7-13(18-5)12(8-11)10-16-14(17)9-15(2,3)4/h6-8H,9-10H2,1-5H3,(H,16,17). The summed E-state index contributed by atoms with van der Waals surface area (Å²) in [5, 5.41) is 2.94. The van der Waals surface area contributed by atoms with Crippen molar-refractivity contribution in [3.05, 3.63) is 29.3 Å². The Morgan fingerprint density at radius 3 is 2.56 bits per heavy atom. The van der Waals surface area contributed by atoms with E-state index in [0.717, 1.165) is 16.9 Å². The van der Waals surface area contributed by atoms with Crippen molar-refractivity contribution in [3.63, 3.8) is 0 Å². The highest BCUT2D eigenvalue weighted by atomic mass is 16.5. The lowest BCUT2D eigenvalue weighted by molar-refractivity contribution is -0.122. The number of carbonyl (C=O) groups is 1. The first-order valence-corrected chi connectivity index (χ1v) is 6.22. The number of hydrogen-bond donors (Lipinski definition) is 1. The molecule has 1 N–H and O–H groups in total. The number of ether oxygens (including phenoxy) is 1. The van der Waals surface area contributed by atoms with Crippen LogP contribution in [-0.2, 0) is 11.3 Å². The van der Waals surface area contributed by atoms with E-state index in [2.05, 4.69) is 26.1 Å². The fraction of sp³-hybridized carbons (Fsp3) is 0.533. The van der Waals surface area contributed by atoms with E-state index in [-0.39, 0.29) is 11.3 Å². The molecule has 0 aromatic heterocycles. The van der Waals surface area contributed by atoms with E-state index in [9.17, 15) is 4.79 Å². The Bertz CT molecular complexity index is 419. The van der Waals surface area contributed by atoms with E-state index in [4.69, 9.17) is 4.74 Å². The molecule has 1 amide bonds. The van der Waals surface area contributed by atoms with Gasteiger partial charge in [-0.15, -0.1) is 0 Å². The molecule has 0 saturated carbocycles. The van der Waals surface area contributed by atoms with Crippen molar-refractivity contribution >= 4 is 5.91 Å². The molecule has 3 heteroatoms. The van der Waals surface area contributed by atoms with Crippen molar-refractivity contribution in [1.29, 1.82) is 0 Å². The van der Waals surface area contributed by atoms with Gasteiger partial charge in [0.15, 0.2) is 0 Å². The topological polar surface area (TPSA) is 38.3 Å². The minimum absolute atomic E-state index is 0.0147. The largest absolute Gasteiger partial charge is 0.496 e. The molecule has 0 heterocycles. The van der Waals surface area contributed by atoms with Crippen LogP contribution in [-0.4, -0.2) is 13.0 Å². The normalized spacial score (nSPS) is 11.2. The molecule has 0 unspecified atom stereocenters. The zero-order chi connectivity index (χ0) is 13.8. The molecule has 1 rings (SSSR count). The number of carbonyl (C=O) groups excluding carboxylic acids is 1. The van der Waals surface area contributed by atoms with Crippen LogP contribution in [0.3, 0.4) is 0 Å². The van der Waals surface area contributed by atoms with Gasteiger partial charge >= 0.3 is 0 Å². The molecule has 0 fully saturated rings. The van der Waals surface area contributed by atoms with Gasteiger partial charge in [0.2, 0.25) is 5.91 Å². The number of benzene rings is 1. The minimum atomic E-state index is 0.0147. The smallest absolute Gasteiger partial charge is 0.220 e. The molecule has 100 valence electrons. The fourth-order valence-electron chi connectivity index (χ4n) is 1.78. The highest BCUT2D eigenvalue weighted by Gasteiger charge is 2.15. The molecule has 1 aromatic rings. The van der Waals surface area contributed by atoms with Gasteiger partial charge in [-0.25, -0.2) is 0 Å². The van der Waals surface area contributed by atoms with Gasteiger partial charge in [-0.3, -0.25) is 4.79 Å². The Hall–Kier alpha value is -1.51. The van der Waals surface area contributed by atoms with Gasteiger partial charge in [-0.2, -0.15) is 0 Å². The van der Waals surface area contributed by atoms with Crippen molar-refractivity contribution in [2.45, 2.75) is 40.7 Å². The molecule has 3 nitrogen and oxygen atoms in total. The third-order valence-electron chi connectivity index (χ3n) is 2.60. The molecular formula is C15H23NO2. The van der Waals surface area contributed by atoms with Crippen molar-refractivity contribution in [1.82, 2.24) is 5.32 Å². The maximum absolute atomic E-state index is 11.8. The molecule has 0 aliphatic rings. The van der Waals surface area contributed by atoms with Crippen LogP contribution in [0.2, 0.25) is 0 Å². The number of aryl methyl sites for hydroxylation is 1. The summed E-state index contributed by atoms with van der Waals surface area (Å²) in [6.45, 7) is 8.71. The van der Waals surface area contributed by atoms with Gasteiger partial charge in [0.1, 0.15) is 5.75 Å². The van der Waals surface area contributed by atoms with Crippen LogP contribution in [0, 0.1) is 12.3 Å². The Morgan fingerprint density at radius 2 is 2.00 bits per heavy atom. The minimum Gasteiger partial charge on any atom is -0.496 e. The third kappa shape index (κ3) is 4.78. The van der Waals surface area contributed by atoms with Crippen molar-refractivity contribution in [2.24, 2.45) is 5.41 Å². The van der Waals surface area contributed by atoms with Crippen LogP contribution < -0.4 is 10.1 Å². The maximum Gasteiger partial charge on any atom is 0.220 e. The van der Waals surface area contributed by atoms with Crippen molar-refractivity contribution < 1.29 is 9.53 Å². The molecule has 0 spiro atoms. The van der Waals surface area contributed by atoms with Gasteiger partial charge in [-0.1, -0.05) is 38.5 Å². The predicted molar refractivity (Wildman–Crippen MR) is 73.6 cm³/mol. The average molecular weight is 249 g/mol. The van der Waals surface area contributed by atoms with Crippen molar-refractivity contribution in [2.75, 3.05) is 7.11 Å². The third-order valence-corrected chi connectivity index (χ3v) is 2.60. The summed E-state index contributed by atoms with van der Waals surface area (Å²) in [5.41, 5.74) is 2.19. The Labute approximate surface area is 110 Å². The molecule has 1 aromatic carbocycles. The van der Waals surface area contributed by atoms with E-state index in [1.807, 2.05) is 25.1 Å². The first kappa shape index (κ1) is 14.6. The Kier molecular flexibility index (Phi) is 4.76. The SMILES string of the molecule is COc1ccc(C)cc1CNC(=O)CC(C)(C)C. The second-order valence-electron chi connectivity index (χ2n) is 5.83. The maximum atomic E-state index is 11.8. The monoisotopic (exact) mass is 249 g/mol. The molecule has 0 radical (unpaired) electrons. The first-order chi connectivity index (χ1) is 8.31. The Balaban J connectivity index is 2.63. The first-order valence-electron chi connectivity index (χ1n) is 6.22. The average Bonchev–Trinajstić information content (AvgIpc) is 2.24. The van der Waals surface area contributed by atoms with Gasteiger partial charge in [0.05, 0.1) is 7.11 Å². The highest BCUT2D eigenvalue weighted by molar-refractivity contribution is 5.76. The lowest BCUT2D eigenvalue weighted by atomic mass is 9.92. The van der Waals surface area contributed by atoms with Gasteiger partial charge in [0.25, 0.3) is 0 Å². The van der Waals surface area contributed by atoms with Gasteiger partial charge in [-0.05, 0) is 18.4 Å². The second-order valence-corrected chi connectivity index (χ2v) is 5.83. The van der Waals surface area contributed by atoms with Crippen LogP contribution in [0.5, 0.6) is 5.75 Å². The highest BCUT2D eigenvalue weighted by Crippen LogP contribution is 2.20. The molecule has 0 atom stereocenters. The molecule has 0 aliphatic carbocycles. The summed E-state index contributed by atoms with van der Waals surface area (Å²) >= 11 is 0. The lowest BCUT2D eigenvalue weighted by Gasteiger charge is -2.17. The second kappa shape index (κ2) is 5.89. The van der Waals surface area contributed by atoms with E-state index < -0.39 is 0 Å². The van der Waals surface area contributed by atoms with Crippen LogP contribution in [0.25, 0.3) is 0 Å². The summed E-state index contributed by atoms with van der Waals surface area (Å²) in [7, 11) is 1.64. The lowest BCUT2D eigenvalue weighted by Crippen LogP contribution is -2.27. The van der Waals surface area contributed by atoms with Crippen LogP contribution in [0.15, 0.2) is 18.2 Å². The number of nitrogens with one attached hydrogen (secondary N) is 1. The number of hydrogen-bond acceptors (Lipinski definition) is 2. The van der Waals surface area contributed by atoms with E-state index in [1.54, 1.807) is 7.11 Å². The predicted octanol–water partition coefficient (Wildman–Crippen LogP) is 3.06. The summed E-state index contributed by atoms with van der Waals surface area (Å²) in [6.07, 6.45) is 0.529. The number of methoxy groups -OCH3 is 1. The molecule has 0 bridgehead atoms. The summed E-state index contributed by atoms with van der Waals surface area (Å²) in [5.74, 6) is 0.891. The summed E-state index contributed by atoms with van der Waals surface area (Å²) in [4.78, 5) is 11.8. The molecule has 0 aliphatic heterocycles.